The van der Waals surface area contributed by atoms with Crippen molar-refractivity contribution >= 4 is 28.8 Å². The number of fused-ring (bicyclic) bond motifs is 2. The second-order valence-corrected chi connectivity index (χ2v) is 7.19. The predicted molar refractivity (Wildman–Crippen MR) is 113 cm³/mol. The van der Waals surface area contributed by atoms with Gasteiger partial charge in [-0.15, -0.1) is 0 Å². The fourth-order valence-electron chi connectivity index (χ4n) is 3.39. The molecule has 0 heterocycles. The van der Waals surface area contributed by atoms with Gasteiger partial charge in [-0.05, 0) is 44.2 Å². The van der Waals surface area contributed by atoms with Gasteiger partial charge < -0.3 is 10.6 Å². The number of ketones is 2. The molecule has 1 amide bonds. The summed E-state index contributed by atoms with van der Waals surface area (Å²) in [5.74, 6) is -0.625. The zero-order valence-corrected chi connectivity index (χ0v) is 16.2. The second kappa shape index (κ2) is 7.36. The molecule has 4 rings (SSSR count). The van der Waals surface area contributed by atoms with E-state index >= 15 is 0 Å². The molecule has 0 spiro atoms. The summed E-state index contributed by atoms with van der Waals surface area (Å²) in [6.45, 7) is 3.76. The Balaban J connectivity index is 1.53. The van der Waals surface area contributed by atoms with E-state index in [4.69, 9.17) is 0 Å². The molecule has 29 heavy (non-hydrogen) atoms. The molecule has 0 saturated heterocycles. The van der Waals surface area contributed by atoms with Crippen LogP contribution in [0.4, 0.5) is 11.4 Å². The molecule has 3 aromatic carbocycles. The lowest BCUT2D eigenvalue weighted by molar-refractivity contribution is -0.116. The van der Waals surface area contributed by atoms with E-state index in [0.717, 1.165) is 11.3 Å². The van der Waals surface area contributed by atoms with Gasteiger partial charge >= 0.3 is 0 Å². The molecule has 1 atom stereocenters. The van der Waals surface area contributed by atoms with E-state index in [1.54, 1.807) is 49.4 Å². The van der Waals surface area contributed by atoms with E-state index < -0.39 is 6.04 Å². The third-order valence-corrected chi connectivity index (χ3v) is 5.02. The third kappa shape index (κ3) is 3.55. The first-order valence-corrected chi connectivity index (χ1v) is 9.40. The highest BCUT2D eigenvalue weighted by molar-refractivity contribution is 6.28. The molecular weight excluding hydrogens is 364 g/mol. The molecular formula is C24H20N2O3. The Hall–Kier alpha value is -3.73. The lowest BCUT2D eigenvalue weighted by Crippen LogP contribution is -2.32. The zero-order valence-electron chi connectivity index (χ0n) is 16.2. The van der Waals surface area contributed by atoms with Gasteiger partial charge in [0.2, 0.25) is 5.91 Å². The number of hydrogen-bond donors (Lipinski definition) is 2. The lowest BCUT2D eigenvalue weighted by Gasteiger charge is -2.19. The average molecular weight is 384 g/mol. The molecule has 0 bridgehead atoms. The van der Waals surface area contributed by atoms with Gasteiger partial charge in [-0.2, -0.15) is 0 Å². The molecule has 0 aromatic heterocycles. The summed E-state index contributed by atoms with van der Waals surface area (Å²) in [6.07, 6.45) is 0. The maximum Gasteiger partial charge on any atom is 0.246 e. The van der Waals surface area contributed by atoms with E-state index in [2.05, 4.69) is 10.6 Å². The largest absolute Gasteiger partial charge is 0.374 e. The van der Waals surface area contributed by atoms with Crippen molar-refractivity contribution in [3.8, 4) is 0 Å². The van der Waals surface area contributed by atoms with Gasteiger partial charge in [-0.1, -0.05) is 42.0 Å². The number of anilines is 2. The number of carbonyl (C=O) groups excluding carboxylic acids is 3. The number of carbonyl (C=O) groups is 3. The van der Waals surface area contributed by atoms with Gasteiger partial charge in [0.05, 0.1) is 0 Å². The molecule has 2 N–H and O–H groups in total. The highest BCUT2D eigenvalue weighted by atomic mass is 16.2. The predicted octanol–water partition coefficient (Wildman–Crippen LogP) is 4.21. The molecule has 144 valence electrons. The van der Waals surface area contributed by atoms with Gasteiger partial charge in [-0.3, -0.25) is 14.4 Å². The molecule has 0 unspecified atom stereocenters. The molecule has 1 aliphatic carbocycles. The van der Waals surface area contributed by atoms with Crippen molar-refractivity contribution in [2.45, 2.75) is 19.9 Å². The van der Waals surface area contributed by atoms with Gasteiger partial charge in [0.1, 0.15) is 6.04 Å². The van der Waals surface area contributed by atoms with E-state index in [9.17, 15) is 14.4 Å². The molecule has 1 aliphatic rings. The van der Waals surface area contributed by atoms with Gasteiger partial charge in [-0.25, -0.2) is 0 Å². The van der Waals surface area contributed by atoms with Crippen LogP contribution in [0.5, 0.6) is 0 Å². The van der Waals surface area contributed by atoms with Gasteiger partial charge in [0.25, 0.3) is 0 Å². The third-order valence-electron chi connectivity index (χ3n) is 5.02. The summed E-state index contributed by atoms with van der Waals surface area (Å²) in [5, 5.41) is 5.97. The van der Waals surface area contributed by atoms with Crippen LogP contribution in [0.1, 0.15) is 44.3 Å². The van der Waals surface area contributed by atoms with Crippen molar-refractivity contribution in [3.05, 3.63) is 94.5 Å². The van der Waals surface area contributed by atoms with Gasteiger partial charge in [0, 0.05) is 33.6 Å². The molecule has 0 fully saturated rings. The van der Waals surface area contributed by atoms with Crippen molar-refractivity contribution < 1.29 is 14.4 Å². The van der Waals surface area contributed by atoms with Crippen molar-refractivity contribution in [1.82, 2.24) is 0 Å². The molecule has 5 nitrogen and oxygen atoms in total. The summed E-state index contributed by atoms with van der Waals surface area (Å²) in [5.41, 5.74) is 3.94. The highest BCUT2D eigenvalue weighted by Gasteiger charge is 2.29. The first-order valence-electron chi connectivity index (χ1n) is 9.40. The van der Waals surface area contributed by atoms with E-state index in [0.29, 0.717) is 27.9 Å². The number of rotatable bonds is 4. The van der Waals surface area contributed by atoms with E-state index in [1.807, 2.05) is 31.2 Å². The molecule has 0 saturated carbocycles. The fraction of sp³-hybridized carbons (Fsp3) is 0.125. The summed E-state index contributed by atoms with van der Waals surface area (Å²) >= 11 is 0. The summed E-state index contributed by atoms with van der Waals surface area (Å²) in [7, 11) is 0. The topological polar surface area (TPSA) is 75.3 Å². The minimum atomic E-state index is -0.480. The standard InChI is InChI=1S/C24H20N2O3/c1-14-7-9-16(10-8-14)25-15(2)24(29)26-17-11-12-20-21(13-17)23(28)19-6-4-3-5-18(19)22(20)27/h3-13,15,25H,1-2H3,(H,26,29)/t15-/m0/s1. The zero-order chi connectivity index (χ0) is 20.5. The first-order chi connectivity index (χ1) is 13.9. The van der Waals surface area contributed by atoms with Crippen LogP contribution in [0, 0.1) is 6.92 Å². The molecule has 5 heteroatoms. The Morgan fingerprint density at radius 3 is 1.97 bits per heavy atom. The SMILES string of the molecule is Cc1ccc(N[C@@H](C)C(=O)Nc2ccc3c(c2)C(=O)c2ccccc2C3=O)cc1. The molecule has 0 aliphatic heterocycles. The number of benzene rings is 3. The second-order valence-electron chi connectivity index (χ2n) is 7.19. The van der Waals surface area contributed by atoms with Crippen LogP contribution in [0.25, 0.3) is 0 Å². The van der Waals surface area contributed by atoms with Crippen LogP contribution < -0.4 is 10.6 Å². The summed E-state index contributed by atoms with van der Waals surface area (Å²) < 4.78 is 0. The van der Waals surface area contributed by atoms with E-state index in [-0.39, 0.29) is 17.5 Å². The summed E-state index contributed by atoms with van der Waals surface area (Å²) in [6, 6.07) is 18.9. The Morgan fingerprint density at radius 1 is 0.759 bits per heavy atom. The van der Waals surface area contributed by atoms with Crippen LogP contribution in [-0.4, -0.2) is 23.5 Å². The first kappa shape index (κ1) is 18.6. The Kier molecular flexibility index (Phi) is 4.72. The van der Waals surface area contributed by atoms with Crippen molar-refractivity contribution in [3.63, 3.8) is 0 Å². The minimum absolute atomic E-state index is 0.178. The fourth-order valence-corrected chi connectivity index (χ4v) is 3.39. The quantitative estimate of drug-likeness (QED) is 0.553. The Bertz CT molecular complexity index is 1130. The van der Waals surface area contributed by atoms with Gasteiger partial charge in [0.15, 0.2) is 11.6 Å². The highest BCUT2D eigenvalue weighted by Crippen LogP contribution is 2.29. The van der Waals surface area contributed by atoms with Crippen molar-refractivity contribution in [2.75, 3.05) is 10.6 Å². The van der Waals surface area contributed by atoms with Crippen molar-refractivity contribution in [1.29, 1.82) is 0 Å². The Labute approximate surface area is 168 Å². The van der Waals surface area contributed by atoms with Crippen molar-refractivity contribution in [2.24, 2.45) is 0 Å². The van der Waals surface area contributed by atoms with Crippen LogP contribution in [-0.2, 0) is 4.79 Å². The van der Waals surface area contributed by atoms with Crippen LogP contribution in [0.2, 0.25) is 0 Å². The monoisotopic (exact) mass is 384 g/mol. The number of amides is 1. The lowest BCUT2D eigenvalue weighted by atomic mass is 9.84. The maximum absolute atomic E-state index is 12.8. The Morgan fingerprint density at radius 2 is 1.31 bits per heavy atom. The molecule has 0 radical (unpaired) electrons. The number of aryl methyl sites for hydroxylation is 1. The molecule has 3 aromatic rings. The smallest absolute Gasteiger partial charge is 0.246 e. The van der Waals surface area contributed by atoms with Crippen LogP contribution in [0.15, 0.2) is 66.7 Å². The summed E-state index contributed by atoms with van der Waals surface area (Å²) in [4.78, 5) is 38.1. The maximum atomic E-state index is 12.8. The number of nitrogens with one attached hydrogen (secondary N) is 2. The average Bonchev–Trinajstić information content (AvgIpc) is 2.73. The van der Waals surface area contributed by atoms with Crippen LogP contribution in [0.3, 0.4) is 0 Å². The van der Waals surface area contributed by atoms with E-state index in [1.165, 1.54) is 0 Å². The normalized spacial score (nSPS) is 13.3. The van der Waals surface area contributed by atoms with Crippen LogP contribution >= 0.6 is 0 Å². The number of hydrogen-bond acceptors (Lipinski definition) is 4. The minimum Gasteiger partial charge on any atom is -0.374 e.